The standard InChI is InChI=1S/C22H20N8O5S3/c23-21-25-12(9-37-21)7-35-28-14(13-10-38-22(24)26-13)17(31)27-15-18(32)30-16(20(33)34)11(8-36-19(15)30)6-29-4-2-1-3-5-29/h1-5,9-10,15,19H,6-8H2,(H5-,23,24,25,26,27,31,33,34)/p+1/b28-14-/t15?,19-/m0/s1. The molecule has 0 saturated carbocycles. The smallest absolute Gasteiger partial charge is 0.352 e. The highest BCUT2D eigenvalue weighted by Crippen LogP contribution is 2.40. The van der Waals surface area contributed by atoms with E-state index in [9.17, 15) is 19.5 Å². The Hall–Kier alpha value is -4.02. The Bertz CT molecular complexity index is 1450. The molecule has 196 valence electrons. The first-order chi connectivity index (χ1) is 18.3. The molecule has 1 unspecified atom stereocenters. The number of rotatable bonds is 9. The van der Waals surface area contributed by atoms with Crippen molar-refractivity contribution in [2.45, 2.75) is 24.6 Å². The van der Waals surface area contributed by atoms with Crippen LogP contribution in [-0.4, -0.2) is 60.6 Å². The van der Waals surface area contributed by atoms with Crippen LogP contribution in [0.15, 0.2) is 57.8 Å². The predicted octanol–water partition coefficient (Wildman–Crippen LogP) is 0.411. The summed E-state index contributed by atoms with van der Waals surface area (Å²) in [6, 6.07) is 4.59. The minimum atomic E-state index is -1.20. The van der Waals surface area contributed by atoms with Crippen LogP contribution in [0.3, 0.4) is 0 Å². The third-order valence-electron chi connectivity index (χ3n) is 5.60. The molecule has 0 bridgehead atoms. The Labute approximate surface area is 227 Å². The molecule has 16 heteroatoms. The van der Waals surface area contributed by atoms with Crippen LogP contribution in [0.1, 0.15) is 11.4 Å². The van der Waals surface area contributed by atoms with Crippen LogP contribution >= 0.6 is 34.4 Å². The number of amides is 2. The fourth-order valence-corrected chi connectivity index (χ4v) is 6.36. The number of anilines is 2. The molecule has 5 rings (SSSR count). The molecule has 1 saturated heterocycles. The maximum absolute atomic E-state index is 13.2. The normalized spacial score (nSPS) is 19.1. The third-order valence-corrected chi connectivity index (χ3v) is 8.34. The van der Waals surface area contributed by atoms with Crippen molar-refractivity contribution < 1.29 is 28.9 Å². The van der Waals surface area contributed by atoms with E-state index in [1.165, 1.54) is 28.0 Å². The van der Waals surface area contributed by atoms with Crippen molar-refractivity contribution in [3.8, 4) is 0 Å². The molecule has 2 aliphatic heterocycles. The molecule has 0 aliphatic carbocycles. The lowest BCUT2D eigenvalue weighted by Gasteiger charge is -2.49. The second-order valence-corrected chi connectivity index (χ2v) is 11.0. The summed E-state index contributed by atoms with van der Waals surface area (Å²) in [6.45, 7) is 0.292. The molecule has 2 aliphatic rings. The summed E-state index contributed by atoms with van der Waals surface area (Å²) in [6.07, 6.45) is 3.64. The van der Waals surface area contributed by atoms with Crippen molar-refractivity contribution in [1.82, 2.24) is 20.2 Å². The summed E-state index contributed by atoms with van der Waals surface area (Å²) in [7, 11) is 0. The van der Waals surface area contributed by atoms with Crippen molar-refractivity contribution in [2.75, 3.05) is 17.2 Å². The number of β-lactam (4-membered cyclic amide) rings is 1. The van der Waals surface area contributed by atoms with Crippen molar-refractivity contribution >= 4 is 68.2 Å². The van der Waals surface area contributed by atoms with E-state index in [2.05, 4.69) is 20.4 Å². The van der Waals surface area contributed by atoms with Gasteiger partial charge in [-0.25, -0.2) is 19.3 Å². The number of nitrogens with zero attached hydrogens (tertiary/aromatic N) is 5. The molecule has 0 spiro atoms. The van der Waals surface area contributed by atoms with Gasteiger partial charge in [-0.05, 0) is 0 Å². The number of fused-ring (bicyclic) bond motifs is 1. The molecule has 6 N–H and O–H groups in total. The molecule has 5 heterocycles. The first-order valence-corrected chi connectivity index (χ1v) is 13.9. The highest BCUT2D eigenvalue weighted by molar-refractivity contribution is 8.00. The Balaban J connectivity index is 1.32. The SMILES string of the molecule is Nc1nc(CO/N=C(\C(=O)NC2C(=O)N3C(C(=O)O)=C(C[n+]4ccccc4)CS[C@@H]23)c2csc(N)n2)cs1. The van der Waals surface area contributed by atoms with Crippen LogP contribution in [0.25, 0.3) is 0 Å². The fraction of sp³-hybridized carbons (Fsp3) is 0.227. The van der Waals surface area contributed by atoms with E-state index in [0.717, 1.165) is 11.3 Å². The van der Waals surface area contributed by atoms with Crippen LogP contribution in [0, 0.1) is 0 Å². The molecule has 38 heavy (non-hydrogen) atoms. The van der Waals surface area contributed by atoms with E-state index in [1.807, 2.05) is 35.2 Å². The van der Waals surface area contributed by atoms with Gasteiger partial charge in [-0.1, -0.05) is 11.2 Å². The molecule has 3 aromatic rings. The Morgan fingerprint density at radius 2 is 1.92 bits per heavy atom. The lowest BCUT2D eigenvalue weighted by molar-refractivity contribution is -0.689. The zero-order valence-electron chi connectivity index (χ0n) is 19.5. The highest BCUT2D eigenvalue weighted by atomic mass is 32.2. The number of carboxylic acids is 1. The number of oxime groups is 1. The number of carboxylic acid groups (broad SMARTS) is 1. The molecule has 0 aromatic carbocycles. The quantitative estimate of drug-likeness (QED) is 0.121. The van der Waals surface area contributed by atoms with E-state index >= 15 is 0 Å². The van der Waals surface area contributed by atoms with E-state index in [1.54, 1.807) is 10.8 Å². The van der Waals surface area contributed by atoms with Gasteiger partial charge < -0.3 is 26.7 Å². The number of carbonyl (C=O) groups excluding carboxylic acids is 2. The van der Waals surface area contributed by atoms with Gasteiger partial charge in [0.25, 0.3) is 11.8 Å². The Morgan fingerprint density at radius 3 is 2.58 bits per heavy atom. The zero-order valence-corrected chi connectivity index (χ0v) is 22.0. The number of nitrogens with one attached hydrogen (secondary N) is 1. The molecule has 3 aromatic heterocycles. The number of thioether (sulfide) groups is 1. The molecular weight excluding hydrogens is 552 g/mol. The van der Waals surface area contributed by atoms with Crippen molar-refractivity contribution in [1.29, 1.82) is 0 Å². The summed E-state index contributed by atoms with van der Waals surface area (Å²) >= 11 is 3.73. The van der Waals surface area contributed by atoms with E-state index in [-0.39, 0.29) is 28.8 Å². The van der Waals surface area contributed by atoms with Gasteiger partial charge in [-0.15, -0.1) is 34.4 Å². The van der Waals surface area contributed by atoms with Gasteiger partial charge in [0, 0.05) is 34.2 Å². The van der Waals surface area contributed by atoms with Gasteiger partial charge in [0.2, 0.25) is 0 Å². The number of aromatic nitrogens is 3. The zero-order chi connectivity index (χ0) is 26.8. The monoisotopic (exact) mass is 573 g/mol. The van der Waals surface area contributed by atoms with Crippen LogP contribution in [0.4, 0.5) is 10.3 Å². The summed E-state index contributed by atoms with van der Waals surface area (Å²) in [5, 5.41) is 19.8. The Morgan fingerprint density at radius 1 is 1.18 bits per heavy atom. The lowest BCUT2D eigenvalue weighted by Crippen LogP contribution is -2.71. The molecule has 13 nitrogen and oxygen atoms in total. The highest BCUT2D eigenvalue weighted by Gasteiger charge is 2.54. The van der Waals surface area contributed by atoms with Gasteiger partial charge in [-0.2, -0.15) is 0 Å². The van der Waals surface area contributed by atoms with Crippen LogP contribution in [0.5, 0.6) is 0 Å². The molecule has 2 atom stereocenters. The Kier molecular flexibility index (Phi) is 7.26. The average molecular weight is 574 g/mol. The van der Waals surface area contributed by atoms with Gasteiger partial charge >= 0.3 is 5.97 Å². The van der Waals surface area contributed by atoms with Gasteiger partial charge in [0.15, 0.2) is 41.5 Å². The number of nitrogen functional groups attached to an aromatic ring is 2. The van der Waals surface area contributed by atoms with Gasteiger partial charge in [0.05, 0.1) is 5.69 Å². The minimum absolute atomic E-state index is 0.0340. The maximum atomic E-state index is 13.2. The number of pyridine rings is 1. The summed E-state index contributed by atoms with van der Waals surface area (Å²) in [5.41, 5.74) is 12.4. The van der Waals surface area contributed by atoms with Gasteiger partial charge in [0.1, 0.15) is 22.8 Å². The number of nitrogens with two attached hydrogens (primary N) is 2. The van der Waals surface area contributed by atoms with Crippen molar-refractivity contribution in [2.24, 2.45) is 5.16 Å². The molecule has 1 fully saturated rings. The lowest BCUT2D eigenvalue weighted by atomic mass is 10.0. The molecule has 0 radical (unpaired) electrons. The summed E-state index contributed by atoms with van der Waals surface area (Å²) in [5.74, 6) is -2.05. The second-order valence-electron chi connectivity index (χ2n) is 8.13. The maximum Gasteiger partial charge on any atom is 0.352 e. The van der Waals surface area contributed by atoms with Gasteiger partial charge in [-0.3, -0.25) is 14.5 Å². The minimum Gasteiger partial charge on any atom is -0.477 e. The number of thiazole rings is 2. The van der Waals surface area contributed by atoms with E-state index in [4.69, 9.17) is 16.3 Å². The van der Waals surface area contributed by atoms with Crippen molar-refractivity contribution in [3.05, 3.63) is 64.0 Å². The molecule has 2 amide bonds. The second kappa shape index (κ2) is 10.8. The average Bonchev–Trinajstić information content (AvgIpc) is 3.52. The topological polar surface area (TPSA) is 190 Å². The number of aliphatic carboxylic acids is 1. The van der Waals surface area contributed by atoms with E-state index in [0.29, 0.717) is 28.7 Å². The summed E-state index contributed by atoms with van der Waals surface area (Å²) in [4.78, 5) is 53.1. The largest absolute Gasteiger partial charge is 0.477 e. The van der Waals surface area contributed by atoms with Crippen LogP contribution in [0.2, 0.25) is 0 Å². The number of carbonyl (C=O) groups is 3. The fourth-order valence-electron chi connectivity index (χ4n) is 3.93. The van der Waals surface area contributed by atoms with Crippen LogP contribution in [-0.2, 0) is 32.4 Å². The summed E-state index contributed by atoms with van der Waals surface area (Å²) < 4.78 is 1.84. The van der Waals surface area contributed by atoms with Crippen molar-refractivity contribution in [3.63, 3.8) is 0 Å². The predicted molar refractivity (Wildman–Crippen MR) is 141 cm³/mol. The number of hydrogen-bond donors (Lipinski definition) is 4. The third kappa shape index (κ3) is 5.18. The number of hydrogen-bond acceptors (Lipinski definition) is 12. The molecular formula is C22H21N8O5S3+. The van der Waals surface area contributed by atoms with Crippen LogP contribution < -0.4 is 21.4 Å². The first-order valence-electron chi connectivity index (χ1n) is 11.1. The van der Waals surface area contributed by atoms with E-state index < -0.39 is 29.2 Å². The first kappa shape index (κ1) is 25.6.